The topological polar surface area (TPSA) is 102 Å². The molecule has 1 amide bonds. The lowest BCUT2D eigenvalue weighted by atomic mass is 10.2. The van der Waals surface area contributed by atoms with Crippen LogP contribution in [0.1, 0.15) is 16.1 Å². The monoisotopic (exact) mass is 513 g/mol. The van der Waals surface area contributed by atoms with Crippen molar-refractivity contribution >= 4 is 42.6 Å². The number of hydrogen-bond acceptors (Lipinski definition) is 8. The highest BCUT2D eigenvalue weighted by molar-refractivity contribution is 7.89. The van der Waals surface area contributed by atoms with E-state index in [1.807, 2.05) is 18.2 Å². The van der Waals surface area contributed by atoms with E-state index in [0.29, 0.717) is 54.0 Å². The minimum Gasteiger partial charge on any atom is -0.497 e. The van der Waals surface area contributed by atoms with Crippen molar-refractivity contribution in [2.24, 2.45) is 0 Å². The normalized spacial score (nSPS) is 14.8. The van der Waals surface area contributed by atoms with Gasteiger partial charge in [0, 0.05) is 24.7 Å². The van der Waals surface area contributed by atoms with Gasteiger partial charge in [-0.2, -0.15) is 4.31 Å². The van der Waals surface area contributed by atoms with Crippen molar-refractivity contribution in [2.45, 2.75) is 11.4 Å². The summed E-state index contributed by atoms with van der Waals surface area (Å²) in [6, 6.07) is 15.1. The molecule has 5 rings (SSSR count). The van der Waals surface area contributed by atoms with Gasteiger partial charge in [-0.1, -0.05) is 11.3 Å². The van der Waals surface area contributed by atoms with Crippen LogP contribution in [-0.4, -0.2) is 57.0 Å². The number of ether oxygens (including phenoxy) is 2. The minimum absolute atomic E-state index is 0.139. The van der Waals surface area contributed by atoms with E-state index in [1.54, 1.807) is 25.5 Å². The van der Waals surface area contributed by atoms with Crippen molar-refractivity contribution in [3.8, 4) is 5.75 Å². The van der Waals surface area contributed by atoms with E-state index in [1.165, 1.54) is 44.8 Å². The number of methoxy groups -OCH3 is 1. The average molecular weight is 514 g/mol. The minimum atomic E-state index is -3.65. The van der Waals surface area contributed by atoms with Crippen molar-refractivity contribution in [1.82, 2.24) is 9.29 Å². The fourth-order valence-electron chi connectivity index (χ4n) is 3.78. The number of sulfonamides is 1. The lowest BCUT2D eigenvalue weighted by Gasteiger charge is -2.26. The summed E-state index contributed by atoms with van der Waals surface area (Å²) in [5, 5.41) is 0.500. The third-order valence-electron chi connectivity index (χ3n) is 5.66. The van der Waals surface area contributed by atoms with Gasteiger partial charge >= 0.3 is 0 Å². The molecule has 3 heterocycles. The van der Waals surface area contributed by atoms with E-state index >= 15 is 0 Å². The maximum absolute atomic E-state index is 13.6. The number of carbonyl (C=O) groups excluding carboxylic acids is 1. The van der Waals surface area contributed by atoms with Gasteiger partial charge in [0.25, 0.3) is 5.91 Å². The number of nitrogens with zero attached hydrogens (tertiary/aromatic N) is 3. The standard InChI is InChI=1S/C24H23N3O6S2/c1-31-18-6-9-22-21(15-18)25-24(34-22)27(16-19-3-2-12-33-19)23(28)17-4-7-20(8-5-17)35(29,30)26-10-13-32-14-11-26/h2-9,12,15H,10-11,13-14,16H2,1H3. The van der Waals surface area contributed by atoms with Crippen molar-refractivity contribution in [3.05, 3.63) is 72.2 Å². The summed E-state index contributed by atoms with van der Waals surface area (Å²) in [4.78, 5) is 19.9. The number of thiazole rings is 1. The third-order valence-corrected chi connectivity index (χ3v) is 8.63. The summed E-state index contributed by atoms with van der Waals surface area (Å²) in [5.41, 5.74) is 1.06. The van der Waals surface area contributed by atoms with E-state index in [0.717, 1.165) is 4.70 Å². The number of benzene rings is 2. The summed E-state index contributed by atoms with van der Waals surface area (Å²) < 4.78 is 44.2. The molecule has 0 aliphatic carbocycles. The molecule has 0 saturated carbocycles. The number of furan rings is 1. The molecular weight excluding hydrogens is 490 g/mol. The molecule has 1 aliphatic rings. The molecule has 0 N–H and O–H groups in total. The molecule has 0 unspecified atom stereocenters. The second-order valence-electron chi connectivity index (χ2n) is 7.84. The Morgan fingerprint density at radius 1 is 1.14 bits per heavy atom. The highest BCUT2D eigenvalue weighted by Crippen LogP contribution is 2.33. The van der Waals surface area contributed by atoms with Crippen molar-refractivity contribution in [2.75, 3.05) is 38.3 Å². The number of rotatable bonds is 7. The number of carbonyl (C=O) groups is 1. The quantitative estimate of drug-likeness (QED) is 0.371. The number of morpholine rings is 1. The smallest absolute Gasteiger partial charge is 0.260 e. The molecule has 182 valence electrons. The molecule has 1 fully saturated rings. The van der Waals surface area contributed by atoms with Gasteiger partial charge in [-0.15, -0.1) is 0 Å². The second kappa shape index (κ2) is 9.78. The van der Waals surface area contributed by atoms with Crippen LogP contribution in [0.15, 0.2) is 70.2 Å². The Balaban J connectivity index is 1.46. The molecule has 11 heteroatoms. The highest BCUT2D eigenvalue weighted by atomic mass is 32.2. The molecular formula is C24H23N3O6S2. The van der Waals surface area contributed by atoms with Gasteiger partial charge in [0.05, 0.1) is 48.2 Å². The predicted octanol–water partition coefficient (Wildman–Crippen LogP) is 3.77. The first-order valence-electron chi connectivity index (χ1n) is 10.9. The summed E-state index contributed by atoms with van der Waals surface area (Å²) >= 11 is 1.38. The fraction of sp³-hybridized carbons (Fsp3) is 0.250. The second-order valence-corrected chi connectivity index (χ2v) is 10.8. The van der Waals surface area contributed by atoms with E-state index in [-0.39, 0.29) is 17.3 Å². The predicted molar refractivity (Wildman–Crippen MR) is 131 cm³/mol. The molecule has 0 bridgehead atoms. The van der Waals surface area contributed by atoms with E-state index in [2.05, 4.69) is 4.98 Å². The van der Waals surface area contributed by atoms with E-state index < -0.39 is 10.0 Å². The Morgan fingerprint density at radius 3 is 2.60 bits per heavy atom. The van der Waals surface area contributed by atoms with E-state index in [4.69, 9.17) is 13.9 Å². The van der Waals surface area contributed by atoms with Gasteiger partial charge in [0.15, 0.2) is 5.13 Å². The number of hydrogen-bond donors (Lipinski definition) is 0. The van der Waals surface area contributed by atoms with Gasteiger partial charge in [0.2, 0.25) is 10.0 Å². The molecule has 35 heavy (non-hydrogen) atoms. The van der Waals surface area contributed by atoms with Crippen LogP contribution >= 0.6 is 11.3 Å². The molecule has 4 aromatic rings. The average Bonchev–Trinajstić information content (AvgIpc) is 3.56. The molecule has 1 saturated heterocycles. The third kappa shape index (κ3) is 4.80. The van der Waals surface area contributed by atoms with Gasteiger partial charge in [0.1, 0.15) is 11.5 Å². The Kier molecular flexibility index (Phi) is 6.56. The summed E-state index contributed by atoms with van der Waals surface area (Å²) in [6.07, 6.45) is 1.55. The fourth-order valence-corrected chi connectivity index (χ4v) is 6.14. The van der Waals surface area contributed by atoms with Crippen LogP contribution in [0, 0.1) is 0 Å². The maximum Gasteiger partial charge on any atom is 0.260 e. The number of aromatic nitrogens is 1. The summed E-state index contributed by atoms with van der Waals surface area (Å²) in [5.74, 6) is 0.958. The molecule has 0 atom stereocenters. The van der Waals surface area contributed by atoms with Crippen LogP contribution in [0.5, 0.6) is 5.75 Å². The van der Waals surface area contributed by atoms with Gasteiger partial charge < -0.3 is 13.9 Å². The van der Waals surface area contributed by atoms with Crippen LogP contribution in [0.3, 0.4) is 0 Å². The zero-order valence-corrected chi connectivity index (χ0v) is 20.5. The Bertz CT molecular complexity index is 1430. The Hall–Kier alpha value is -3.25. The number of fused-ring (bicyclic) bond motifs is 1. The zero-order valence-electron chi connectivity index (χ0n) is 18.9. The SMILES string of the molecule is COc1ccc2sc(N(Cc3ccco3)C(=O)c3ccc(S(=O)(=O)N4CCOCC4)cc3)nc2c1. The van der Waals surface area contributed by atoms with Crippen LogP contribution in [0.2, 0.25) is 0 Å². The molecule has 0 radical (unpaired) electrons. The number of amides is 1. The maximum atomic E-state index is 13.6. The first-order valence-corrected chi connectivity index (χ1v) is 13.2. The van der Waals surface area contributed by atoms with E-state index in [9.17, 15) is 13.2 Å². The first-order chi connectivity index (χ1) is 17.0. The molecule has 1 aliphatic heterocycles. The molecule has 9 nitrogen and oxygen atoms in total. The van der Waals surface area contributed by atoms with Gasteiger partial charge in [-0.25, -0.2) is 13.4 Å². The van der Waals surface area contributed by atoms with Crippen molar-refractivity contribution in [3.63, 3.8) is 0 Å². The van der Waals surface area contributed by atoms with Crippen LogP contribution in [-0.2, 0) is 21.3 Å². The van der Waals surface area contributed by atoms with Gasteiger partial charge in [-0.3, -0.25) is 9.69 Å². The largest absolute Gasteiger partial charge is 0.497 e. The molecule has 0 spiro atoms. The first kappa shape index (κ1) is 23.5. The lowest BCUT2D eigenvalue weighted by molar-refractivity contribution is 0.0730. The van der Waals surface area contributed by atoms with Crippen molar-refractivity contribution in [1.29, 1.82) is 0 Å². The molecule has 2 aromatic heterocycles. The highest BCUT2D eigenvalue weighted by Gasteiger charge is 2.27. The zero-order chi connectivity index (χ0) is 24.4. The Morgan fingerprint density at radius 2 is 1.91 bits per heavy atom. The van der Waals surface area contributed by atoms with Crippen LogP contribution in [0.4, 0.5) is 5.13 Å². The van der Waals surface area contributed by atoms with Crippen molar-refractivity contribution < 1.29 is 27.1 Å². The Labute approximate surface area is 206 Å². The molecule has 2 aromatic carbocycles. The summed E-state index contributed by atoms with van der Waals surface area (Å²) in [6.45, 7) is 1.53. The van der Waals surface area contributed by atoms with Gasteiger partial charge in [-0.05, 0) is 48.5 Å². The lowest BCUT2D eigenvalue weighted by Crippen LogP contribution is -2.40. The van der Waals surface area contributed by atoms with Crippen LogP contribution < -0.4 is 9.64 Å². The number of anilines is 1. The van der Waals surface area contributed by atoms with Crippen LogP contribution in [0.25, 0.3) is 10.2 Å². The summed E-state index contributed by atoms with van der Waals surface area (Å²) in [7, 11) is -2.06.